The van der Waals surface area contributed by atoms with Gasteiger partial charge < -0.3 is 24.2 Å². The Hall–Kier alpha value is -2.87. The second-order valence-electron chi connectivity index (χ2n) is 7.24. The molecule has 29 heavy (non-hydrogen) atoms. The summed E-state index contributed by atoms with van der Waals surface area (Å²) in [6.45, 7) is 7.68. The van der Waals surface area contributed by atoms with Crippen LogP contribution in [0.15, 0.2) is 30.3 Å². The van der Waals surface area contributed by atoms with E-state index >= 15 is 0 Å². The Balaban J connectivity index is 1.42. The van der Waals surface area contributed by atoms with E-state index in [2.05, 4.69) is 31.9 Å². The Bertz CT molecular complexity index is 844. The van der Waals surface area contributed by atoms with Gasteiger partial charge in [0.1, 0.15) is 23.1 Å². The van der Waals surface area contributed by atoms with Crippen molar-refractivity contribution in [2.45, 2.75) is 6.92 Å². The van der Waals surface area contributed by atoms with E-state index in [1.165, 1.54) is 0 Å². The topological polar surface area (TPSA) is 71.0 Å². The second kappa shape index (κ2) is 8.65. The van der Waals surface area contributed by atoms with Crippen LogP contribution >= 0.6 is 0 Å². The van der Waals surface area contributed by atoms with Crippen LogP contribution in [-0.2, 0) is 4.74 Å². The summed E-state index contributed by atoms with van der Waals surface area (Å²) in [6, 6.07) is 9.85. The van der Waals surface area contributed by atoms with Gasteiger partial charge in [0.25, 0.3) is 5.91 Å². The number of anilines is 2. The highest BCUT2D eigenvalue weighted by Crippen LogP contribution is 2.21. The number of hydrogen-bond acceptors (Lipinski definition) is 7. The van der Waals surface area contributed by atoms with Gasteiger partial charge in [-0.2, -0.15) is 0 Å². The SMILES string of the molecule is COc1ccc(N2CCN(C(=O)c3cc(N4CCOCC4)nc(C)n3)CC2)cc1. The molecule has 1 amide bonds. The largest absolute Gasteiger partial charge is 0.497 e. The second-order valence-corrected chi connectivity index (χ2v) is 7.24. The van der Waals surface area contributed by atoms with E-state index in [1.807, 2.05) is 30.0 Å². The van der Waals surface area contributed by atoms with Crippen molar-refractivity contribution in [1.29, 1.82) is 0 Å². The Kier molecular flexibility index (Phi) is 5.80. The molecule has 0 bridgehead atoms. The minimum atomic E-state index is -0.0283. The van der Waals surface area contributed by atoms with Gasteiger partial charge in [0.05, 0.1) is 20.3 Å². The average molecular weight is 397 g/mol. The van der Waals surface area contributed by atoms with Crippen LogP contribution in [0.3, 0.4) is 0 Å². The van der Waals surface area contributed by atoms with E-state index in [-0.39, 0.29) is 5.91 Å². The van der Waals surface area contributed by atoms with E-state index in [0.717, 1.165) is 43.4 Å². The molecule has 2 aromatic rings. The van der Waals surface area contributed by atoms with Crippen molar-refractivity contribution in [2.75, 3.05) is 69.4 Å². The minimum Gasteiger partial charge on any atom is -0.497 e. The van der Waals surface area contributed by atoms with Gasteiger partial charge in [0.15, 0.2) is 0 Å². The summed E-state index contributed by atoms with van der Waals surface area (Å²) >= 11 is 0. The molecule has 1 aromatic carbocycles. The summed E-state index contributed by atoms with van der Waals surface area (Å²) in [5.41, 5.74) is 1.61. The zero-order valence-electron chi connectivity index (χ0n) is 17.0. The molecule has 0 aliphatic carbocycles. The number of rotatable bonds is 4. The third-order valence-electron chi connectivity index (χ3n) is 5.38. The zero-order valence-corrected chi connectivity index (χ0v) is 17.0. The summed E-state index contributed by atoms with van der Waals surface area (Å²) in [5, 5.41) is 0. The number of morpholine rings is 1. The Morgan fingerprint density at radius 1 is 0.966 bits per heavy atom. The van der Waals surface area contributed by atoms with Crippen molar-refractivity contribution >= 4 is 17.4 Å². The van der Waals surface area contributed by atoms with Gasteiger partial charge in [0.2, 0.25) is 0 Å². The number of hydrogen-bond donors (Lipinski definition) is 0. The number of aryl methyl sites for hydroxylation is 1. The van der Waals surface area contributed by atoms with Crippen LogP contribution in [0.25, 0.3) is 0 Å². The van der Waals surface area contributed by atoms with Crippen molar-refractivity contribution in [3.63, 3.8) is 0 Å². The molecule has 154 valence electrons. The molecule has 2 aliphatic heterocycles. The van der Waals surface area contributed by atoms with Gasteiger partial charge in [0, 0.05) is 51.0 Å². The van der Waals surface area contributed by atoms with E-state index < -0.39 is 0 Å². The molecule has 0 N–H and O–H groups in total. The van der Waals surface area contributed by atoms with Gasteiger partial charge in [-0.15, -0.1) is 0 Å². The first-order valence-corrected chi connectivity index (χ1v) is 10.0. The number of methoxy groups -OCH3 is 1. The lowest BCUT2D eigenvalue weighted by Crippen LogP contribution is -2.49. The Morgan fingerprint density at radius 2 is 1.66 bits per heavy atom. The summed E-state index contributed by atoms with van der Waals surface area (Å²) in [7, 11) is 1.67. The molecule has 3 heterocycles. The minimum absolute atomic E-state index is 0.0283. The molecule has 0 radical (unpaired) electrons. The molecule has 2 saturated heterocycles. The highest BCUT2D eigenvalue weighted by Gasteiger charge is 2.25. The summed E-state index contributed by atoms with van der Waals surface area (Å²) in [4.78, 5) is 28.3. The fraction of sp³-hybridized carbons (Fsp3) is 0.476. The van der Waals surface area contributed by atoms with Gasteiger partial charge in [-0.05, 0) is 31.2 Å². The van der Waals surface area contributed by atoms with Crippen molar-refractivity contribution in [2.24, 2.45) is 0 Å². The number of carbonyl (C=O) groups is 1. The molecule has 0 unspecified atom stereocenters. The molecular weight excluding hydrogens is 370 g/mol. The number of aromatic nitrogens is 2. The molecule has 0 atom stereocenters. The molecule has 2 fully saturated rings. The first kappa shape index (κ1) is 19.4. The van der Waals surface area contributed by atoms with Gasteiger partial charge >= 0.3 is 0 Å². The molecule has 2 aliphatic rings. The maximum atomic E-state index is 13.1. The quantitative estimate of drug-likeness (QED) is 0.776. The van der Waals surface area contributed by atoms with Crippen LogP contribution in [0.5, 0.6) is 5.75 Å². The number of amides is 1. The number of carbonyl (C=O) groups excluding carboxylic acids is 1. The molecule has 8 nitrogen and oxygen atoms in total. The van der Waals surface area contributed by atoms with Gasteiger partial charge in [-0.1, -0.05) is 0 Å². The standard InChI is InChI=1S/C21H27N5O3/c1-16-22-19(15-20(23-16)25-11-13-29-14-12-25)21(27)26-9-7-24(8-10-26)17-3-5-18(28-2)6-4-17/h3-6,15H,7-14H2,1-2H3. The first-order valence-electron chi connectivity index (χ1n) is 10.0. The third-order valence-corrected chi connectivity index (χ3v) is 5.38. The maximum Gasteiger partial charge on any atom is 0.272 e. The predicted octanol–water partition coefficient (Wildman–Crippen LogP) is 1.59. The van der Waals surface area contributed by atoms with Crippen molar-refractivity contribution in [3.8, 4) is 5.75 Å². The van der Waals surface area contributed by atoms with Crippen molar-refractivity contribution in [3.05, 3.63) is 41.9 Å². The van der Waals surface area contributed by atoms with E-state index in [9.17, 15) is 4.79 Å². The lowest BCUT2D eigenvalue weighted by Gasteiger charge is -2.36. The van der Waals surface area contributed by atoms with Crippen LogP contribution in [0, 0.1) is 6.92 Å². The summed E-state index contributed by atoms with van der Waals surface area (Å²) in [5.74, 6) is 2.24. The molecule has 4 rings (SSSR count). The summed E-state index contributed by atoms with van der Waals surface area (Å²) < 4.78 is 10.6. The zero-order chi connectivity index (χ0) is 20.2. The molecular formula is C21H27N5O3. The fourth-order valence-corrected chi connectivity index (χ4v) is 3.74. The molecule has 0 saturated carbocycles. The average Bonchev–Trinajstić information content (AvgIpc) is 2.79. The summed E-state index contributed by atoms with van der Waals surface area (Å²) in [6.07, 6.45) is 0. The lowest BCUT2D eigenvalue weighted by atomic mass is 10.2. The maximum absolute atomic E-state index is 13.1. The van der Waals surface area contributed by atoms with E-state index in [4.69, 9.17) is 9.47 Å². The monoisotopic (exact) mass is 397 g/mol. The Morgan fingerprint density at radius 3 is 2.31 bits per heavy atom. The van der Waals surface area contributed by atoms with Crippen molar-refractivity contribution in [1.82, 2.24) is 14.9 Å². The molecule has 1 aromatic heterocycles. The van der Waals surface area contributed by atoms with Crippen LogP contribution in [0.4, 0.5) is 11.5 Å². The van der Waals surface area contributed by atoms with E-state index in [0.29, 0.717) is 37.8 Å². The van der Waals surface area contributed by atoms with Crippen LogP contribution in [0.1, 0.15) is 16.3 Å². The lowest BCUT2D eigenvalue weighted by molar-refractivity contribution is 0.0740. The van der Waals surface area contributed by atoms with Crippen LogP contribution in [0.2, 0.25) is 0 Å². The predicted molar refractivity (Wildman–Crippen MR) is 111 cm³/mol. The van der Waals surface area contributed by atoms with Crippen LogP contribution < -0.4 is 14.5 Å². The van der Waals surface area contributed by atoms with Gasteiger partial charge in [-0.25, -0.2) is 9.97 Å². The molecule has 8 heteroatoms. The first-order chi connectivity index (χ1) is 14.1. The van der Waals surface area contributed by atoms with Gasteiger partial charge in [-0.3, -0.25) is 4.79 Å². The molecule has 0 spiro atoms. The number of nitrogens with zero attached hydrogens (tertiary/aromatic N) is 5. The third kappa shape index (κ3) is 4.42. The van der Waals surface area contributed by atoms with E-state index in [1.54, 1.807) is 7.11 Å². The van der Waals surface area contributed by atoms with Crippen molar-refractivity contribution < 1.29 is 14.3 Å². The fourth-order valence-electron chi connectivity index (χ4n) is 3.74. The Labute approximate surface area is 171 Å². The normalized spacial score (nSPS) is 17.4. The highest BCUT2D eigenvalue weighted by molar-refractivity contribution is 5.93. The number of ether oxygens (including phenoxy) is 2. The highest BCUT2D eigenvalue weighted by atomic mass is 16.5. The number of piperazine rings is 1. The van der Waals surface area contributed by atoms with Crippen LogP contribution in [-0.4, -0.2) is 80.4 Å². The number of benzene rings is 1. The smallest absolute Gasteiger partial charge is 0.272 e.